The summed E-state index contributed by atoms with van der Waals surface area (Å²) in [6.07, 6.45) is 8.89. The van der Waals surface area contributed by atoms with Crippen molar-refractivity contribution in [2.45, 2.75) is 51.9 Å². The second kappa shape index (κ2) is 11.3. The third-order valence-corrected chi connectivity index (χ3v) is 5.14. The average molecular weight is 332 g/mol. The van der Waals surface area contributed by atoms with E-state index in [9.17, 15) is 4.79 Å². The Labute approximate surface area is 142 Å². The number of amides is 1. The molecule has 1 aliphatic heterocycles. The summed E-state index contributed by atoms with van der Waals surface area (Å²) >= 11 is 0. The lowest BCUT2D eigenvalue weighted by molar-refractivity contribution is -0.125. The molecule has 2 fully saturated rings. The van der Waals surface area contributed by atoms with Crippen LogP contribution in [0.25, 0.3) is 0 Å². The van der Waals surface area contributed by atoms with E-state index in [0.29, 0.717) is 5.91 Å². The molecule has 22 heavy (non-hydrogen) atoms. The molecule has 2 rings (SSSR count). The van der Waals surface area contributed by atoms with E-state index in [1.54, 1.807) is 0 Å². The van der Waals surface area contributed by atoms with Crippen molar-refractivity contribution >= 4 is 18.3 Å². The lowest BCUT2D eigenvalue weighted by Gasteiger charge is -2.28. The Morgan fingerprint density at radius 2 is 1.91 bits per heavy atom. The Hall–Kier alpha value is -0.320. The normalized spacial score (nSPS) is 21.9. The van der Waals surface area contributed by atoms with Gasteiger partial charge in [-0.25, -0.2) is 0 Å². The van der Waals surface area contributed by atoms with E-state index in [4.69, 9.17) is 0 Å². The van der Waals surface area contributed by atoms with Gasteiger partial charge in [-0.05, 0) is 18.8 Å². The lowest BCUT2D eigenvalue weighted by atomic mass is 9.82. The first-order valence-corrected chi connectivity index (χ1v) is 9.00. The Bertz CT molecular complexity index is 302. The first-order valence-electron chi connectivity index (χ1n) is 9.00. The highest BCUT2D eigenvalue weighted by Crippen LogP contribution is 2.30. The lowest BCUT2D eigenvalue weighted by Crippen LogP contribution is -2.46. The van der Waals surface area contributed by atoms with Gasteiger partial charge in [0.25, 0.3) is 0 Å². The number of carbonyl (C=O) groups excluding carboxylic acids is 1. The fourth-order valence-electron chi connectivity index (χ4n) is 3.70. The van der Waals surface area contributed by atoms with Gasteiger partial charge >= 0.3 is 0 Å². The van der Waals surface area contributed by atoms with Crippen LogP contribution < -0.4 is 10.6 Å². The zero-order valence-corrected chi connectivity index (χ0v) is 14.9. The van der Waals surface area contributed by atoms with Gasteiger partial charge in [-0.2, -0.15) is 0 Å². The second-order valence-corrected chi connectivity index (χ2v) is 6.73. The van der Waals surface area contributed by atoms with Crippen LogP contribution in [-0.2, 0) is 4.79 Å². The summed E-state index contributed by atoms with van der Waals surface area (Å²) in [7, 11) is 0. The summed E-state index contributed by atoms with van der Waals surface area (Å²) in [5.74, 6) is 1.32. The van der Waals surface area contributed by atoms with Crippen molar-refractivity contribution in [3.63, 3.8) is 0 Å². The van der Waals surface area contributed by atoms with Crippen LogP contribution in [0.4, 0.5) is 0 Å². The third-order valence-electron chi connectivity index (χ3n) is 5.14. The van der Waals surface area contributed by atoms with Crippen molar-refractivity contribution in [3.8, 4) is 0 Å². The van der Waals surface area contributed by atoms with Gasteiger partial charge in [0, 0.05) is 45.2 Å². The van der Waals surface area contributed by atoms with Gasteiger partial charge in [-0.15, -0.1) is 12.4 Å². The molecule has 2 aliphatic rings. The fraction of sp³-hybridized carbons (Fsp3) is 0.941. The van der Waals surface area contributed by atoms with Crippen LogP contribution in [0.5, 0.6) is 0 Å². The van der Waals surface area contributed by atoms with Crippen molar-refractivity contribution in [2.75, 3.05) is 39.3 Å². The molecule has 0 aromatic carbocycles. The van der Waals surface area contributed by atoms with Crippen LogP contribution in [0.15, 0.2) is 0 Å². The van der Waals surface area contributed by atoms with Crippen LogP contribution in [0.2, 0.25) is 0 Å². The van der Waals surface area contributed by atoms with E-state index < -0.39 is 0 Å². The highest BCUT2D eigenvalue weighted by Gasteiger charge is 2.22. The molecule has 0 aromatic heterocycles. The molecule has 1 saturated heterocycles. The van der Waals surface area contributed by atoms with Gasteiger partial charge in [0.05, 0.1) is 0 Å². The third kappa shape index (κ3) is 6.84. The highest BCUT2D eigenvalue weighted by atomic mass is 35.5. The van der Waals surface area contributed by atoms with Crippen molar-refractivity contribution < 1.29 is 4.79 Å². The summed E-state index contributed by atoms with van der Waals surface area (Å²) in [6, 6.07) is 0. The number of hydrogen-bond donors (Lipinski definition) is 2. The number of piperazine rings is 1. The maximum Gasteiger partial charge on any atom is 0.223 e. The van der Waals surface area contributed by atoms with Crippen LogP contribution >= 0.6 is 12.4 Å². The Morgan fingerprint density at radius 1 is 1.23 bits per heavy atom. The quantitative estimate of drug-likeness (QED) is 0.753. The summed E-state index contributed by atoms with van der Waals surface area (Å²) in [6.45, 7) is 8.32. The van der Waals surface area contributed by atoms with Gasteiger partial charge in [0.1, 0.15) is 0 Å². The number of nitrogens with one attached hydrogen (secondary N) is 2. The molecule has 4 nitrogen and oxygen atoms in total. The van der Waals surface area contributed by atoms with Crippen molar-refractivity contribution in [1.29, 1.82) is 0 Å². The van der Waals surface area contributed by atoms with E-state index in [-0.39, 0.29) is 18.3 Å². The highest BCUT2D eigenvalue weighted by molar-refractivity contribution is 5.85. The summed E-state index contributed by atoms with van der Waals surface area (Å²) in [5.41, 5.74) is 0. The molecule has 1 atom stereocenters. The minimum atomic E-state index is 0. The van der Waals surface area contributed by atoms with Gasteiger partial charge in [-0.3, -0.25) is 9.69 Å². The molecule has 1 unspecified atom stereocenters. The molecular formula is C17H34ClN3O. The minimum Gasteiger partial charge on any atom is -0.355 e. The first kappa shape index (κ1) is 19.7. The summed E-state index contributed by atoms with van der Waals surface area (Å²) < 4.78 is 0. The van der Waals surface area contributed by atoms with E-state index in [0.717, 1.165) is 58.0 Å². The predicted molar refractivity (Wildman–Crippen MR) is 94.5 cm³/mol. The first-order chi connectivity index (χ1) is 10.3. The number of nitrogens with zero attached hydrogens (tertiary/aromatic N) is 1. The zero-order valence-electron chi connectivity index (χ0n) is 14.1. The number of halogens is 1. The van der Waals surface area contributed by atoms with E-state index >= 15 is 0 Å². The van der Waals surface area contributed by atoms with Crippen LogP contribution in [-0.4, -0.2) is 50.1 Å². The van der Waals surface area contributed by atoms with Gasteiger partial charge < -0.3 is 10.6 Å². The van der Waals surface area contributed by atoms with Crippen molar-refractivity contribution in [2.24, 2.45) is 11.8 Å². The predicted octanol–water partition coefficient (Wildman–Crippen LogP) is 2.43. The molecule has 1 amide bonds. The topological polar surface area (TPSA) is 44.4 Å². The molecule has 1 saturated carbocycles. The van der Waals surface area contributed by atoms with Crippen LogP contribution in [0, 0.1) is 11.8 Å². The fourth-order valence-corrected chi connectivity index (χ4v) is 3.70. The molecule has 130 valence electrons. The number of carbonyl (C=O) groups is 1. The van der Waals surface area contributed by atoms with Gasteiger partial charge in [0.15, 0.2) is 0 Å². The van der Waals surface area contributed by atoms with Crippen molar-refractivity contribution in [1.82, 2.24) is 15.5 Å². The molecule has 0 bridgehead atoms. The summed E-state index contributed by atoms with van der Waals surface area (Å²) in [5, 5.41) is 6.53. The molecule has 0 radical (unpaired) electrons. The van der Waals surface area contributed by atoms with E-state index in [2.05, 4.69) is 22.5 Å². The Kier molecular flexibility index (Phi) is 10.1. The second-order valence-electron chi connectivity index (χ2n) is 6.73. The maximum atomic E-state index is 12.3. The molecule has 1 heterocycles. The average Bonchev–Trinajstić information content (AvgIpc) is 2.54. The molecule has 0 spiro atoms. The summed E-state index contributed by atoms with van der Waals surface area (Å²) in [4.78, 5) is 14.8. The number of rotatable bonds is 7. The Morgan fingerprint density at radius 3 is 2.55 bits per heavy atom. The number of hydrogen-bond acceptors (Lipinski definition) is 3. The monoisotopic (exact) mass is 331 g/mol. The smallest absolute Gasteiger partial charge is 0.223 e. The molecule has 5 heteroatoms. The SMILES string of the molecule is CCC(CC1CCCCC1)C(=O)NCCN1CCNCC1.Cl. The maximum absolute atomic E-state index is 12.3. The van der Waals surface area contributed by atoms with E-state index in [1.165, 1.54) is 32.1 Å². The van der Waals surface area contributed by atoms with Crippen molar-refractivity contribution in [3.05, 3.63) is 0 Å². The Balaban J connectivity index is 0.00000242. The largest absolute Gasteiger partial charge is 0.355 e. The standard InChI is InChI=1S/C17H33N3O.ClH/c1-2-16(14-15-6-4-3-5-7-15)17(21)19-10-13-20-11-8-18-9-12-20;/h15-16,18H,2-14H2,1H3,(H,19,21);1H. The molecular weight excluding hydrogens is 298 g/mol. The molecule has 2 N–H and O–H groups in total. The molecule has 1 aliphatic carbocycles. The minimum absolute atomic E-state index is 0. The zero-order chi connectivity index (χ0) is 14.9. The van der Waals surface area contributed by atoms with Crippen LogP contribution in [0.1, 0.15) is 51.9 Å². The van der Waals surface area contributed by atoms with Gasteiger partial charge in [0.2, 0.25) is 5.91 Å². The van der Waals surface area contributed by atoms with E-state index in [1.807, 2.05) is 0 Å². The van der Waals surface area contributed by atoms with Gasteiger partial charge in [-0.1, -0.05) is 39.0 Å². The van der Waals surface area contributed by atoms with Crippen LogP contribution in [0.3, 0.4) is 0 Å². The molecule has 0 aromatic rings.